The summed E-state index contributed by atoms with van der Waals surface area (Å²) in [7, 11) is -4.35. The van der Waals surface area contributed by atoms with Gasteiger partial charge in [-0.15, -0.1) is 10.2 Å². The van der Waals surface area contributed by atoms with Crippen molar-refractivity contribution >= 4 is 77.3 Å². The number of hydrogen-bond donors (Lipinski definition) is 2. The zero-order chi connectivity index (χ0) is 35.4. The molecule has 10 nitrogen and oxygen atoms in total. The zero-order valence-electron chi connectivity index (χ0n) is 27.8. The third kappa shape index (κ3) is 13.5. The van der Waals surface area contributed by atoms with E-state index in [9.17, 15) is 22.9 Å². The van der Waals surface area contributed by atoms with Gasteiger partial charge in [-0.2, -0.15) is 11.8 Å². The molecule has 0 radical (unpaired) electrons. The monoisotopic (exact) mass is 770 g/mol. The van der Waals surface area contributed by atoms with E-state index in [1.807, 2.05) is 13.0 Å². The van der Waals surface area contributed by atoms with Gasteiger partial charge in [0.05, 0.1) is 22.1 Å². The first-order chi connectivity index (χ1) is 22.7. The molecule has 0 spiro atoms. The van der Waals surface area contributed by atoms with Crippen LogP contribution in [0.5, 0.6) is 0 Å². The van der Waals surface area contributed by atoms with Crippen LogP contribution < -0.4 is 5.32 Å². The highest BCUT2D eigenvalue weighted by atomic mass is 32.2. The van der Waals surface area contributed by atoms with Crippen LogP contribution in [0.4, 0.5) is 0 Å². The minimum absolute atomic E-state index is 0.00909. The van der Waals surface area contributed by atoms with E-state index in [1.54, 1.807) is 34.9 Å². The summed E-state index contributed by atoms with van der Waals surface area (Å²) >= 11 is 6.35. The Morgan fingerprint density at radius 3 is 2.08 bits per heavy atom. The maximum atomic E-state index is 13.4. The molecule has 3 rings (SSSR count). The molecular weight excluding hydrogens is 727 g/mol. The van der Waals surface area contributed by atoms with Gasteiger partial charge in [0.25, 0.3) is 0 Å². The summed E-state index contributed by atoms with van der Waals surface area (Å²) in [6, 6.07) is 16.6. The summed E-state index contributed by atoms with van der Waals surface area (Å²) in [5.41, 5.74) is 3.29. The van der Waals surface area contributed by atoms with E-state index >= 15 is 0 Å². The molecule has 0 saturated heterocycles. The predicted molar refractivity (Wildman–Crippen MR) is 199 cm³/mol. The van der Waals surface area contributed by atoms with Crippen LogP contribution in [0, 0.1) is 5.92 Å². The molecule has 0 bridgehead atoms. The lowest BCUT2D eigenvalue weighted by Crippen LogP contribution is -2.51. The Kier molecular flexibility index (Phi) is 16.1. The maximum absolute atomic E-state index is 13.4. The zero-order valence-corrected chi connectivity index (χ0v) is 32.9. The number of rotatable bonds is 21. The number of amides is 1. The molecule has 3 aromatic rings. The van der Waals surface area contributed by atoms with Gasteiger partial charge in [0, 0.05) is 48.3 Å². The first-order valence-electron chi connectivity index (χ1n) is 15.1. The molecule has 0 aliphatic carbocycles. The minimum Gasteiger partial charge on any atom is -0.748 e. The number of carbonyl (C=O) groups is 1. The van der Waals surface area contributed by atoms with E-state index in [0.29, 0.717) is 17.5 Å². The number of benzene rings is 2. The van der Waals surface area contributed by atoms with Gasteiger partial charge in [-0.1, -0.05) is 103 Å². The first-order valence-corrected chi connectivity index (χ1v) is 22.9. The molecule has 48 heavy (non-hydrogen) atoms. The third-order valence-corrected chi connectivity index (χ3v) is 17.1. The fourth-order valence-corrected chi connectivity index (χ4v) is 12.7. The van der Waals surface area contributed by atoms with Crippen LogP contribution in [-0.2, 0) is 35.3 Å². The Morgan fingerprint density at radius 2 is 1.60 bits per heavy atom. The lowest BCUT2D eigenvalue weighted by molar-refractivity contribution is -0.126. The fourth-order valence-electron chi connectivity index (χ4n) is 4.76. The van der Waals surface area contributed by atoms with Gasteiger partial charge in [-0.25, -0.2) is 8.42 Å². The molecule has 2 unspecified atom stereocenters. The van der Waals surface area contributed by atoms with Crippen molar-refractivity contribution in [3.8, 4) is 0 Å². The van der Waals surface area contributed by atoms with E-state index in [4.69, 9.17) is 8.85 Å². The molecule has 1 amide bonds. The first kappa shape index (κ1) is 40.7. The summed E-state index contributed by atoms with van der Waals surface area (Å²) in [5.74, 6) is 0.433. The summed E-state index contributed by atoms with van der Waals surface area (Å²) in [5, 5.41) is 21.7. The Balaban J connectivity index is 1.59. The second-order valence-corrected chi connectivity index (χ2v) is 21.7. The molecule has 2 atom stereocenters. The second-order valence-electron chi connectivity index (χ2n) is 12.0. The maximum Gasteiger partial charge on any atom is 0.374 e. The molecule has 2 N–H and O–H groups in total. The highest BCUT2D eigenvalue weighted by molar-refractivity contribution is 8.02. The standard InChI is InChI=1S/C32H45N3O7S5Si/c1-7-24-8-10-25(11-9-24)17-44-30-34-35-31(46-30)45-18-26-12-14-27(15-13-26)23(2)16-28(19-43-22-48(21-36,41-5)42-6)29(37)33-32(3,4)20-47(38,39)40/h7-15,23,28,36H,1,16-22H2,2-6H3,(H,33,37)(H,38,39,40)/p-1. The smallest absolute Gasteiger partial charge is 0.374 e. The summed E-state index contributed by atoms with van der Waals surface area (Å²) < 4.78 is 47.1. The Hall–Kier alpha value is -1.73. The molecule has 0 aliphatic rings. The third-order valence-electron chi connectivity index (χ3n) is 7.51. The number of carbonyl (C=O) groups excluding carboxylic acids is 1. The largest absolute Gasteiger partial charge is 0.748 e. The Bertz CT molecular complexity index is 1560. The minimum atomic E-state index is -4.54. The number of nitrogens with one attached hydrogen (secondary N) is 1. The normalized spacial score (nSPS) is 13.6. The molecular formula is C32H44N3O7S5Si-. The second kappa shape index (κ2) is 19.0. The molecule has 1 heterocycles. The lowest BCUT2D eigenvalue weighted by atomic mass is 9.89. The van der Waals surface area contributed by atoms with Crippen molar-refractivity contribution < 1.29 is 31.7 Å². The van der Waals surface area contributed by atoms with Crippen LogP contribution in [-0.4, -0.2) is 85.6 Å². The highest BCUT2D eigenvalue weighted by Gasteiger charge is 2.36. The summed E-state index contributed by atoms with van der Waals surface area (Å²) in [6.07, 6.45) is 2.10. The van der Waals surface area contributed by atoms with Gasteiger partial charge >= 0.3 is 8.56 Å². The SMILES string of the molecule is C=Cc1ccc(CSc2nnc(SCc3ccc(C(C)CC(CSC[Si](CO)(OC)OC)C(=O)NC(C)(C)CS(=O)(=O)[O-])cc3)s2)cc1. The molecule has 264 valence electrons. The van der Waals surface area contributed by atoms with Crippen LogP contribution in [0.2, 0.25) is 0 Å². The number of aromatic nitrogens is 2. The van der Waals surface area contributed by atoms with Crippen molar-refractivity contribution in [3.05, 3.63) is 77.4 Å². The number of aliphatic hydroxyl groups is 1. The highest BCUT2D eigenvalue weighted by Crippen LogP contribution is 2.33. The van der Waals surface area contributed by atoms with Crippen molar-refractivity contribution in [2.24, 2.45) is 5.92 Å². The van der Waals surface area contributed by atoms with Crippen LogP contribution >= 0.6 is 46.6 Å². The van der Waals surface area contributed by atoms with Crippen LogP contribution in [0.25, 0.3) is 6.08 Å². The predicted octanol–water partition coefficient (Wildman–Crippen LogP) is 5.85. The van der Waals surface area contributed by atoms with E-state index in [0.717, 1.165) is 36.9 Å². The molecule has 0 fully saturated rings. The molecule has 16 heteroatoms. The van der Waals surface area contributed by atoms with Gasteiger partial charge in [0.2, 0.25) is 5.91 Å². The van der Waals surface area contributed by atoms with E-state index in [2.05, 4.69) is 70.6 Å². The van der Waals surface area contributed by atoms with Crippen molar-refractivity contribution in [2.75, 3.05) is 37.3 Å². The van der Waals surface area contributed by atoms with Gasteiger partial charge < -0.3 is 23.8 Å². The number of aliphatic hydroxyl groups excluding tert-OH is 1. The molecule has 1 aromatic heterocycles. The molecule has 0 aliphatic heterocycles. The average molecular weight is 771 g/mol. The van der Waals surface area contributed by atoms with Crippen molar-refractivity contribution in [1.82, 2.24) is 15.5 Å². The lowest BCUT2D eigenvalue weighted by Gasteiger charge is -2.31. The van der Waals surface area contributed by atoms with E-state index in [-0.39, 0.29) is 18.1 Å². The van der Waals surface area contributed by atoms with Crippen LogP contribution in [0.15, 0.2) is 63.8 Å². The van der Waals surface area contributed by atoms with E-state index in [1.165, 1.54) is 45.4 Å². The van der Waals surface area contributed by atoms with Crippen molar-refractivity contribution in [2.45, 2.75) is 58.8 Å². The number of thioether (sulfide) groups is 3. The fraction of sp³-hybridized carbons (Fsp3) is 0.469. The van der Waals surface area contributed by atoms with E-state index < -0.39 is 35.9 Å². The van der Waals surface area contributed by atoms with Gasteiger partial charge in [-0.3, -0.25) is 4.79 Å². The molecule has 0 saturated carbocycles. The number of nitrogens with zero attached hydrogens (tertiary/aromatic N) is 2. The average Bonchev–Trinajstić information content (AvgIpc) is 3.51. The van der Waals surface area contributed by atoms with Gasteiger partial charge in [0.15, 0.2) is 8.68 Å². The summed E-state index contributed by atoms with van der Waals surface area (Å²) in [4.78, 5) is 13.4. The Morgan fingerprint density at radius 1 is 1.06 bits per heavy atom. The van der Waals surface area contributed by atoms with Crippen LogP contribution in [0.3, 0.4) is 0 Å². The van der Waals surface area contributed by atoms with Gasteiger partial charge in [0.1, 0.15) is 0 Å². The Labute approximate surface area is 302 Å². The van der Waals surface area contributed by atoms with Crippen molar-refractivity contribution in [1.29, 1.82) is 0 Å². The quantitative estimate of drug-likeness (QED) is 0.0760. The van der Waals surface area contributed by atoms with Crippen LogP contribution in [0.1, 0.15) is 55.4 Å². The number of hydrogen-bond acceptors (Lipinski definition) is 13. The topological polar surface area (TPSA) is 151 Å². The molecule has 2 aromatic carbocycles. The van der Waals surface area contributed by atoms with Crippen molar-refractivity contribution in [3.63, 3.8) is 0 Å². The van der Waals surface area contributed by atoms with Gasteiger partial charge in [-0.05, 0) is 48.4 Å². The summed E-state index contributed by atoms with van der Waals surface area (Å²) in [6.45, 7) is 8.89.